The summed E-state index contributed by atoms with van der Waals surface area (Å²) in [4.78, 5) is 11.8. The van der Waals surface area contributed by atoms with E-state index >= 15 is 0 Å². The Hall–Kier alpha value is -1.12. The Morgan fingerprint density at radius 2 is 2.27 bits per heavy atom. The second-order valence-electron chi connectivity index (χ2n) is 4.30. The molecule has 1 aromatic heterocycles. The molecule has 0 spiro atoms. The van der Waals surface area contributed by atoms with Crippen molar-refractivity contribution in [3.05, 3.63) is 18.0 Å². The fraction of sp³-hybridized carbons (Fsp3) is 0.667. The van der Waals surface area contributed by atoms with Gasteiger partial charge in [-0.2, -0.15) is 5.10 Å². The van der Waals surface area contributed by atoms with Gasteiger partial charge in [0.25, 0.3) is 0 Å². The minimum absolute atomic E-state index is 0.217. The molecule has 15 heavy (non-hydrogen) atoms. The van der Waals surface area contributed by atoms with Gasteiger partial charge in [-0.15, -0.1) is 0 Å². The molecule has 1 rings (SSSR count). The van der Waals surface area contributed by atoms with Gasteiger partial charge < -0.3 is 0 Å². The molecule has 0 atom stereocenters. The van der Waals surface area contributed by atoms with Crippen LogP contribution in [0.5, 0.6) is 0 Å². The predicted octanol–water partition coefficient (Wildman–Crippen LogP) is 2.91. The lowest BCUT2D eigenvalue weighted by atomic mass is 10.0. The fourth-order valence-corrected chi connectivity index (χ4v) is 1.51. The molecule has 0 aliphatic rings. The minimum atomic E-state index is 0.217. The van der Waals surface area contributed by atoms with Gasteiger partial charge in [0, 0.05) is 19.2 Å². The highest BCUT2D eigenvalue weighted by molar-refractivity contribution is 5.94. The van der Waals surface area contributed by atoms with E-state index in [0.29, 0.717) is 12.3 Å². The summed E-state index contributed by atoms with van der Waals surface area (Å²) in [6, 6.07) is 1.82. The smallest absolute Gasteiger partial charge is 0.180 e. The zero-order valence-corrected chi connectivity index (χ0v) is 9.86. The molecule has 0 N–H and O–H groups in total. The summed E-state index contributed by atoms with van der Waals surface area (Å²) in [6.07, 6.45) is 4.30. The summed E-state index contributed by atoms with van der Waals surface area (Å²) >= 11 is 0. The summed E-state index contributed by atoms with van der Waals surface area (Å²) in [5, 5.41) is 4.15. The molecule has 84 valence electrons. The van der Waals surface area contributed by atoms with Crippen molar-refractivity contribution >= 4 is 5.78 Å². The van der Waals surface area contributed by atoms with Crippen LogP contribution >= 0.6 is 0 Å². The van der Waals surface area contributed by atoms with Gasteiger partial charge in [0.15, 0.2) is 5.78 Å². The lowest BCUT2D eigenvalue weighted by molar-refractivity contribution is 0.0964. The van der Waals surface area contributed by atoms with E-state index in [0.717, 1.165) is 25.1 Å². The Labute approximate surface area is 91.5 Å². The molecule has 0 radical (unpaired) electrons. The average molecular weight is 208 g/mol. The monoisotopic (exact) mass is 208 g/mol. The number of nitrogens with zero attached hydrogens (tertiary/aromatic N) is 2. The van der Waals surface area contributed by atoms with Crippen molar-refractivity contribution in [2.75, 3.05) is 0 Å². The van der Waals surface area contributed by atoms with Crippen LogP contribution in [0.2, 0.25) is 0 Å². The molecule has 0 unspecified atom stereocenters. The maximum absolute atomic E-state index is 11.8. The molecule has 0 aliphatic carbocycles. The van der Waals surface area contributed by atoms with Gasteiger partial charge in [-0.1, -0.05) is 20.8 Å². The molecule has 1 aromatic rings. The van der Waals surface area contributed by atoms with Gasteiger partial charge in [-0.3, -0.25) is 9.48 Å². The Morgan fingerprint density at radius 1 is 1.53 bits per heavy atom. The fourth-order valence-electron chi connectivity index (χ4n) is 1.51. The molecule has 0 fully saturated rings. The summed E-state index contributed by atoms with van der Waals surface area (Å²) in [5.74, 6) is 0.797. The number of rotatable bonds is 6. The number of hydrogen-bond donors (Lipinski definition) is 0. The van der Waals surface area contributed by atoms with E-state index in [9.17, 15) is 4.79 Å². The quantitative estimate of drug-likeness (QED) is 0.674. The number of Topliss-reactive ketones (excluding diaryl/α,β-unsaturated/α-hetero) is 1. The topological polar surface area (TPSA) is 34.9 Å². The molecule has 0 bridgehead atoms. The summed E-state index contributed by atoms with van der Waals surface area (Å²) in [5.41, 5.74) is 0.762. The van der Waals surface area contributed by atoms with Crippen molar-refractivity contribution in [3.63, 3.8) is 0 Å². The molecule has 1 heterocycles. The second-order valence-corrected chi connectivity index (χ2v) is 4.30. The number of ketones is 1. The highest BCUT2D eigenvalue weighted by atomic mass is 16.1. The van der Waals surface area contributed by atoms with E-state index in [1.165, 1.54) is 0 Å². The molecule has 3 heteroatoms. The standard InChI is InChI=1S/C12H20N2O/c1-4-9-14-11(7-8-13-14)12(15)6-5-10(2)3/h7-8,10H,4-6,9H2,1-3H3. The second kappa shape index (κ2) is 5.69. The first-order valence-electron chi connectivity index (χ1n) is 5.70. The van der Waals surface area contributed by atoms with Crippen LogP contribution in [0, 0.1) is 5.92 Å². The van der Waals surface area contributed by atoms with Gasteiger partial charge in [-0.25, -0.2) is 0 Å². The van der Waals surface area contributed by atoms with Crippen molar-refractivity contribution < 1.29 is 4.79 Å². The normalized spacial score (nSPS) is 10.9. The number of hydrogen-bond acceptors (Lipinski definition) is 2. The third-order valence-corrected chi connectivity index (χ3v) is 2.39. The number of aryl methyl sites for hydroxylation is 1. The lowest BCUT2D eigenvalue weighted by Crippen LogP contribution is -2.11. The van der Waals surface area contributed by atoms with Gasteiger partial charge in [0.2, 0.25) is 0 Å². The van der Waals surface area contributed by atoms with E-state index in [4.69, 9.17) is 0 Å². The van der Waals surface area contributed by atoms with Crippen LogP contribution in [-0.2, 0) is 6.54 Å². The van der Waals surface area contributed by atoms with E-state index in [1.54, 1.807) is 6.20 Å². The van der Waals surface area contributed by atoms with Crippen LogP contribution in [0.1, 0.15) is 50.5 Å². The first kappa shape index (κ1) is 12.0. The zero-order chi connectivity index (χ0) is 11.3. The summed E-state index contributed by atoms with van der Waals surface area (Å²) < 4.78 is 1.81. The van der Waals surface area contributed by atoms with Crippen molar-refractivity contribution in [2.24, 2.45) is 5.92 Å². The minimum Gasteiger partial charge on any atom is -0.292 e. The lowest BCUT2D eigenvalue weighted by Gasteiger charge is -2.06. The van der Waals surface area contributed by atoms with Crippen LogP contribution in [0.3, 0.4) is 0 Å². The maximum atomic E-state index is 11.8. The largest absolute Gasteiger partial charge is 0.292 e. The molecule has 0 aliphatic heterocycles. The van der Waals surface area contributed by atoms with Crippen molar-refractivity contribution in [2.45, 2.75) is 46.6 Å². The van der Waals surface area contributed by atoms with Crippen molar-refractivity contribution in [1.29, 1.82) is 0 Å². The number of carbonyl (C=O) groups is 1. The third kappa shape index (κ3) is 3.50. The van der Waals surface area contributed by atoms with Gasteiger partial charge in [0.1, 0.15) is 5.69 Å². The predicted molar refractivity (Wildman–Crippen MR) is 60.9 cm³/mol. The van der Waals surface area contributed by atoms with Gasteiger partial charge in [-0.05, 0) is 24.8 Å². The van der Waals surface area contributed by atoms with Crippen molar-refractivity contribution in [3.8, 4) is 0 Å². The Balaban J connectivity index is 2.60. The first-order valence-corrected chi connectivity index (χ1v) is 5.70. The molecule has 0 amide bonds. The van der Waals surface area contributed by atoms with Crippen LogP contribution in [-0.4, -0.2) is 15.6 Å². The summed E-state index contributed by atoms with van der Waals surface area (Å²) in [7, 11) is 0. The van der Waals surface area contributed by atoms with E-state index < -0.39 is 0 Å². The first-order chi connectivity index (χ1) is 7.15. The zero-order valence-electron chi connectivity index (χ0n) is 9.86. The maximum Gasteiger partial charge on any atom is 0.180 e. The van der Waals surface area contributed by atoms with E-state index in [1.807, 2.05) is 10.7 Å². The number of aromatic nitrogens is 2. The van der Waals surface area contributed by atoms with Crippen molar-refractivity contribution in [1.82, 2.24) is 9.78 Å². The SMILES string of the molecule is CCCn1nccc1C(=O)CCC(C)C. The highest BCUT2D eigenvalue weighted by Crippen LogP contribution is 2.10. The molecule has 3 nitrogen and oxygen atoms in total. The van der Waals surface area contributed by atoms with Crippen LogP contribution < -0.4 is 0 Å². The molecular weight excluding hydrogens is 188 g/mol. The molecule has 0 saturated heterocycles. The average Bonchev–Trinajstić information content (AvgIpc) is 2.63. The molecule has 0 aromatic carbocycles. The van der Waals surface area contributed by atoms with E-state index in [2.05, 4.69) is 25.9 Å². The van der Waals surface area contributed by atoms with Crippen LogP contribution in [0.4, 0.5) is 0 Å². The third-order valence-electron chi connectivity index (χ3n) is 2.39. The number of carbonyl (C=O) groups excluding carboxylic acids is 1. The summed E-state index contributed by atoms with van der Waals surface area (Å²) in [6.45, 7) is 7.19. The van der Waals surface area contributed by atoms with E-state index in [-0.39, 0.29) is 5.78 Å². The van der Waals surface area contributed by atoms with Crippen LogP contribution in [0.25, 0.3) is 0 Å². The Kier molecular flexibility index (Phi) is 4.53. The Morgan fingerprint density at radius 3 is 2.87 bits per heavy atom. The van der Waals surface area contributed by atoms with Gasteiger partial charge >= 0.3 is 0 Å². The Bertz CT molecular complexity index is 315. The highest BCUT2D eigenvalue weighted by Gasteiger charge is 2.11. The van der Waals surface area contributed by atoms with Crippen LogP contribution in [0.15, 0.2) is 12.3 Å². The van der Waals surface area contributed by atoms with Gasteiger partial charge in [0.05, 0.1) is 0 Å². The molecular formula is C12H20N2O. The molecule has 0 saturated carbocycles.